The largest absolute Gasteiger partial charge is 0.427 e. The van der Waals surface area contributed by atoms with Gasteiger partial charge in [-0.3, -0.25) is 4.99 Å². The minimum Gasteiger partial charge on any atom is -0.427 e. The second-order valence-electron chi connectivity index (χ2n) is 3.69. The highest BCUT2D eigenvalue weighted by Crippen LogP contribution is 2.46. The van der Waals surface area contributed by atoms with Crippen molar-refractivity contribution in [2.24, 2.45) is 10.9 Å². The molecule has 1 aliphatic carbocycles. The molecule has 1 saturated carbocycles. The van der Waals surface area contributed by atoms with Gasteiger partial charge in [0.1, 0.15) is 12.7 Å². The molecular weight excluding hydrogens is 219 g/mol. The van der Waals surface area contributed by atoms with Gasteiger partial charge in [-0.15, -0.1) is 0 Å². The van der Waals surface area contributed by atoms with Crippen molar-refractivity contribution in [3.8, 4) is 18.6 Å². The normalized spacial score (nSPS) is 35.0. The Kier molecular flexibility index (Phi) is 3.96. The number of hydrogen-bond acceptors (Lipinski definition) is 6. The molecule has 0 aliphatic heterocycles. The number of nitrogens with zero attached hydrogens (tertiary/aromatic N) is 4. The standard InChI is InChI=1S/C10H9BN4O2/c1-15-10(4-12)7(3-16-5-13)8(17-6-14)2-9(10)11/h7-9H,1-3H2. The predicted octanol–water partition coefficient (Wildman–Crippen LogP) is 0.290. The Labute approximate surface area is 100 Å². The summed E-state index contributed by atoms with van der Waals surface area (Å²) in [5.41, 5.74) is -1.28. The third-order valence-corrected chi connectivity index (χ3v) is 3.04. The molecule has 1 fully saturated rings. The number of aliphatic imine (C=N–C) groups is 1. The zero-order chi connectivity index (χ0) is 12.9. The molecule has 4 unspecified atom stereocenters. The van der Waals surface area contributed by atoms with E-state index in [4.69, 9.17) is 23.1 Å². The summed E-state index contributed by atoms with van der Waals surface area (Å²) < 4.78 is 9.46. The van der Waals surface area contributed by atoms with E-state index in [1.54, 1.807) is 6.26 Å². The van der Waals surface area contributed by atoms with E-state index in [9.17, 15) is 5.26 Å². The molecule has 0 N–H and O–H groups in total. The van der Waals surface area contributed by atoms with E-state index in [1.807, 2.05) is 6.07 Å². The van der Waals surface area contributed by atoms with E-state index in [0.717, 1.165) is 0 Å². The van der Waals surface area contributed by atoms with Crippen molar-refractivity contribution in [1.29, 1.82) is 15.8 Å². The van der Waals surface area contributed by atoms with Crippen molar-refractivity contribution in [3.63, 3.8) is 0 Å². The zero-order valence-corrected chi connectivity index (χ0v) is 9.04. The highest BCUT2D eigenvalue weighted by Gasteiger charge is 2.55. The van der Waals surface area contributed by atoms with Crippen LogP contribution in [0, 0.1) is 40.3 Å². The van der Waals surface area contributed by atoms with Crippen LogP contribution in [0.1, 0.15) is 6.42 Å². The average molecular weight is 228 g/mol. The first-order valence-electron chi connectivity index (χ1n) is 4.86. The van der Waals surface area contributed by atoms with Gasteiger partial charge in [0.2, 0.25) is 0 Å². The summed E-state index contributed by atoms with van der Waals surface area (Å²) in [6.45, 7) is 3.28. The highest BCUT2D eigenvalue weighted by atomic mass is 16.5. The van der Waals surface area contributed by atoms with E-state index in [0.29, 0.717) is 6.42 Å². The Morgan fingerprint density at radius 3 is 2.59 bits per heavy atom. The van der Waals surface area contributed by atoms with Crippen LogP contribution in [0.15, 0.2) is 4.99 Å². The molecule has 7 heteroatoms. The van der Waals surface area contributed by atoms with Crippen LogP contribution in [0.3, 0.4) is 0 Å². The van der Waals surface area contributed by atoms with Gasteiger partial charge in [0.25, 0.3) is 12.5 Å². The van der Waals surface area contributed by atoms with Crippen LogP contribution in [0.2, 0.25) is 5.82 Å². The fraction of sp³-hybridized carbons (Fsp3) is 0.600. The molecule has 2 radical (unpaired) electrons. The van der Waals surface area contributed by atoms with Crippen LogP contribution in [0.25, 0.3) is 0 Å². The Balaban J connectivity index is 3.02. The Morgan fingerprint density at radius 1 is 1.41 bits per heavy atom. The van der Waals surface area contributed by atoms with E-state index in [-0.39, 0.29) is 6.61 Å². The summed E-state index contributed by atoms with van der Waals surface area (Å²) in [7, 11) is 5.83. The molecule has 0 aromatic rings. The van der Waals surface area contributed by atoms with Crippen molar-refractivity contribution in [2.75, 3.05) is 6.61 Å². The molecule has 1 aliphatic rings. The topological polar surface area (TPSA) is 102 Å². The fourth-order valence-electron chi connectivity index (χ4n) is 2.15. The van der Waals surface area contributed by atoms with Crippen molar-refractivity contribution < 1.29 is 9.47 Å². The number of rotatable bonds is 4. The van der Waals surface area contributed by atoms with E-state index < -0.39 is 23.4 Å². The number of hydrogen-bond donors (Lipinski definition) is 0. The molecule has 0 bridgehead atoms. The summed E-state index contributed by atoms with van der Waals surface area (Å²) in [6.07, 6.45) is 2.77. The van der Waals surface area contributed by atoms with E-state index in [1.165, 1.54) is 6.26 Å². The molecule has 84 valence electrons. The lowest BCUT2D eigenvalue weighted by Gasteiger charge is -2.27. The summed E-state index contributed by atoms with van der Waals surface area (Å²) in [6, 6.07) is 1.99. The van der Waals surface area contributed by atoms with Crippen LogP contribution >= 0.6 is 0 Å². The second-order valence-corrected chi connectivity index (χ2v) is 3.69. The molecule has 0 heterocycles. The van der Waals surface area contributed by atoms with Crippen LogP contribution in [0.4, 0.5) is 0 Å². The third kappa shape index (κ3) is 2.03. The smallest absolute Gasteiger partial charge is 0.286 e. The first kappa shape index (κ1) is 12.9. The SMILES string of the molecule is [B]C1CC(OC#N)C(COC#N)C1(C#N)N=C. The molecule has 0 saturated heterocycles. The second kappa shape index (κ2) is 5.23. The first-order chi connectivity index (χ1) is 8.16. The van der Waals surface area contributed by atoms with Gasteiger partial charge in [-0.2, -0.15) is 15.8 Å². The number of nitriles is 3. The Morgan fingerprint density at radius 2 is 2.12 bits per heavy atom. The van der Waals surface area contributed by atoms with Crippen LogP contribution in [-0.4, -0.2) is 32.8 Å². The maximum atomic E-state index is 9.20. The highest BCUT2D eigenvalue weighted by molar-refractivity contribution is 6.13. The molecule has 0 spiro atoms. The summed E-state index contributed by atoms with van der Waals surface area (Å²) in [5.74, 6) is -1.19. The summed E-state index contributed by atoms with van der Waals surface area (Å²) >= 11 is 0. The molecule has 0 amide bonds. The maximum Gasteiger partial charge on any atom is 0.286 e. The third-order valence-electron chi connectivity index (χ3n) is 3.04. The maximum absolute atomic E-state index is 9.20. The quantitative estimate of drug-likeness (QED) is 0.390. The number of ether oxygens (including phenoxy) is 2. The Bertz CT molecular complexity index is 421. The lowest BCUT2D eigenvalue weighted by Crippen LogP contribution is -2.39. The van der Waals surface area contributed by atoms with Crippen LogP contribution in [-0.2, 0) is 9.47 Å². The van der Waals surface area contributed by atoms with E-state index >= 15 is 0 Å². The van der Waals surface area contributed by atoms with Gasteiger partial charge in [-0.1, -0.05) is 0 Å². The van der Waals surface area contributed by atoms with Gasteiger partial charge >= 0.3 is 0 Å². The zero-order valence-electron chi connectivity index (χ0n) is 9.04. The molecule has 0 aromatic heterocycles. The molecule has 6 nitrogen and oxygen atoms in total. The average Bonchev–Trinajstić information content (AvgIpc) is 2.59. The van der Waals surface area contributed by atoms with Crippen molar-refractivity contribution in [1.82, 2.24) is 0 Å². The molecule has 0 aromatic carbocycles. The van der Waals surface area contributed by atoms with Gasteiger partial charge in [0.15, 0.2) is 5.54 Å². The molecule has 17 heavy (non-hydrogen) atoms. The monoisotopic (exact) mass is 228 g/mol. The van der Waals surface area contributed by atoms with E-state index in [2.05, 4.69) is 16.4 Å². The predicted molar refractivity (Wildman–Crippen MR) is 57.6 cm³/mol. The molecular formula is C10H9BN4O2. The van der Waals surface area contributed by atoms with Gasteiger partial charge < -0.3 is 9.47 Å². The van der Waals surface area contributed by atoms with Crippen molar-refractivity contribution in [3.05, 3.63) is 0 Å². The van der Waals surface area contributed by atoms with Crippen LogP contribution < -0.4 is 0 Å². The molecule has 1 rings (SSSR count). The lowest BCUT2D eigenvalue weighted by atomic mass is 9.71. The Hall–Kier alpha value is -2.20. The van der Waals surface area contributed by atoms with Gasteiger partial charge in [0, 0.05) is 0 Å². The van der Waals surface area contributed by atoms with Gasteiger partial charge in [-0.25, -0.2) is 0 Å². The molecule has 4 atom stereocenters. The minimum atomic E-state index is -1.28. The summed E-state index contributed by atoms with van der Waals surface area (Å²) in [5, 5.41) is 26.1. The fourth-order valence-corrected chi connectivity index (χ4v) is 2.15. The first-order valence-corrected chi connectivity index (χ1v) is 4.86. The van der Waals surface area contributed by atoms with Crippen molar-refractivity contribution in [2.45, 2.75) is 23.9 Å². The lowest BCUT2D eigenvalue weighted by molar-refractivity contribution is 0.0678. The van der Waals surface area contributed by atoms with Gasteiger partial charge in [0.05, 0.1) is 19.8 Å². The van der Waals surface area contributed by atoms with Crippen molar-refractivity contribution >= 4 is 14.6 Å². The minimum absolute atomic E-state index is 0.0802. The van der Waals surface area contributed by atoms with Gasteiger partial charge in [-0.05, 0) is 19.0 Å². The summed E-state index contributed by atoms with van der Waals surface area (Å²) in [4.78, 5) is 3.77. The van der Waals surface area contributed by atoms with Crippen LogP contribution in [0.5, 0.6) is 0 Å².